The van der Waals surface area contributed by atoms with E-state index in [0.29, 0.717) is 6.04 Å². The van der Waals surface area contributed by atoms with E-state index in [2.05, 4.69) is 26.2 Å². The Hall–Kier alpha value is -1.20. The van der Waals surface area contributed by atoms with Crippen molar-refractivity contribution >= 4 is 15.9 Å². The fourth-order valence-electron chi connectivity index (χ4n) is 2.37. The predicted molar refractivity (Wildman–Crippen MR) is 71.2 cm³/mol. The Kier molecular flexibility index (Phi) is 3.18. The first-order valence-electron chi connectivity index (χ1n) is 5.97. The zero-order valence-corrected chi connectivity index (χ0v) is 11.3. The van der Waals surface area contributed by atoms with Crippen LogP contribution in [0, 0.1) is 5.82 Å². The molecule has 3 nitrogen and oxygen atoms in total. The van der Waals surface area contributed by atoms with Crippen LogP contribution >= 0.6 is 15.9 Å². The lowest BCUT2D eigenvalue weighted by atomic mass is 10.1. The van der Waals surface area contributed by atoms with Gasteiger partial charge in [-0.1, -0.05) is 0 Å². The van der Waals surface area contributed by atoms with Gasteiger partial charge in [0.2, 0.25) is 0 Å². The monoisotopic (exact) mass is 309 g/mol. The summed E-state index contributed by atoms with van der Waals surface area (Å²) in [4.78, 5) is 4.19. The standard InChI is InChI=1S/C13H13BrFN3/c14-10-4-3-9(15)6-12(10)18-8-16-7-13(18)11-2-1-5-17-11/h3-4,6-8,11,17H,1-2,5H2. The molecule has 1 saturated heterocycles. The number of hydrogen-bond acceptors (Lipinski definition) is 2. The first kappa shape index (κ1) is 11.9. The molecule has 0 spiro atoms. The Labute approximate surface area is 113 Å². The average Bonchev–Trinajstić information content (AvgIpc) is 3.00. The van der Waals surface area contributed by atoms with Gasteiger partial charge in [0.05, 0.1) is 23.9 Å². The molecule has 1 unspecified atom stereocenters. The maximum absolute atomic E-state index is 13.4. The van der Waals surface area contributed by atoms with Gasteiger partial charge in [0.25, 0.3) is 0 Å². The van der Waals surface area contributed by atoms with Crippen LogP contribution < -0.4 is 5.32 Å². The van der Waals surface area contributed by atoms with E-state index in [-0.39, 0.29) is 5.82 Å². The first-order valence-corrected chi connectivity index (χ1v) is 6.76. The van der Waals surface area contributed by atoms with E-state index < -0.39 is 0 Å². The number of halogens is 2. The lowest BCUT2D eigenvalue weighted by Crippen LogP contribution is -2.16. The van der Waals surface area contributed by atoms with Gasteiger partial charge < -0.3 is 9.88 Å². The second-order valence-corrected chi connectivity index (χ2v) is 5.29. The van der Waals surface area contributed by atoms with Crippen molar-refractivity contribution in [2.75, 3.05) is 6.54 Å². The number of hydrogen-bond donors (Lipinski definition) is 1. The molecule has 1 aliphatic heterocycles. The molecular formula is C13H13BrFN3. The minimum Gasteiger partial charge on any atom is -0.309 e. The summed E-state index contributed by atoms with van der Waals surface area (Å²) in [6.45, 7) is 1.03. The highest BCUT2D eigenvalue weighted by molar-refractivity contribution is 9.10. The Balaban J connectivity index is 2.06. The van der Waals surface area contributed by atoms with Crippen LogP contribution in [0.15, 0.2) is 35.2 Å². The van der Waals surface area contributed by atoms with Gasteiger partial charge in [-0.3, -0.25) is 0 Å². The van der Waals surface area contributed by atoms with E-state index in [1.165, 1.54) is 18.6 Å². The Bertz CT molecular complexity index is 561. The third kappa shape index (κ3) is 2.08. The lowest BCUT2D eigenvalue weighted by Gasteiger charge is -2.15. The number of aromatic nitrogens is 2. The number of benzene rings is 1. The predicted octanol–water partition coefficient (Wildman–Crippen LogP) is 3.20. The van der Waals surface area contributed by atoms with Crippen LogP contribution in [0.4, 0.5) is 4.39 Å². The Morgan fingerprint density at radius 2 is 2.33 bits per heavy atom. The van der Waals surface area contributed by atoms with E-state index in [1.54, 1.807) is 12.4 Å². The quantitative estimate of drug-likeness (QED) is 0.923. The molecule has 18 heavy (non-hydrogen) atoms. The van der Waals surface area contributed by atoms with Crippen molar-refractivity contribution in [1.29, 1.82) is 0 Å². The summed E-state index contributed by atoms with van der Waals surface area (Å²) < 4.78 is 16.2. The van der Waals surface area contributed by atoms with Gasteiger partial charge in [0.15, 0.2) is 0 Å². The maximum Gasteiger partial charge on any atom is 0.125 e. The number of rotatable bonds is 2. The van der Waals surface area contributed by atoms with Gasteiger partial charge in [0, 0.05) is 10.5 Å². The molecule has 1 atom stereocenters. The van der Waals surface area contributed by atoms with Crippen molar-refractivity contribution in [1.82, 2.24) is 14.9 Å². The molecule has 0 saturated carbocycles. The summed E-state index contributed by atoms with van der Waals surface area (Å²) in [7, 11) is 0. The molecule has 1 fully saturated rings. The molecule has 1 aromatic carbocycles. The third-order valence-corrected chi connectivity index (χ3v) is 3.92. The summed E-state index contributed by atoms with van der Waals surface area (Å²) in [5, 5.41) is 3.43. The van der Waals surface area contributed by atoms with Crippen molar-refractivity contribution < 1.29 is 4.39 Å². The summed E-state index contributed by atoms with van der Waals surface area (Å²) in [5.41, 5.74) is 1.87. The minimum absolute atomic E-state index is 0.243. The fourth-order valence-corrected chi connectivity index (χ4v) is 2.81. The van der Waals surface area contributed by atoms with Crippen LogP contribution in [0.5, 0.6) is 0 Å². The highest BCUT2D eigenvalue weighted by Crippen LogP contribution is 2.28. The van der Waals surface area contributed by atoms with Gasteiger partial charge in [0.1, 0.15) is 5.82 Å². The second kappa shape index (κ2) is 4.82. The SMILES string of the molecule is Fc1ccc(Br)c(-n2cncc2C2CCCN2)c1. The van der Waals surface area contributed by atoms with E-state index in [4.69, 9.17) is 0 Å². The number of nitrogens with zero attached hydrogens (tertiary/aromatic N) is 2. The molecule has 1 N–H and O–H groups in total. The molecule has 1 aliphatic rings. The maximum atomic E-state index is 13.4. The molecule has 94 valence electrons. The normalized spacial score (nSPS) is 19.3. The molecular weight excluding hydrogens is 297 g/mol. The van der Waals surface area contributed by atoms with Crippen molar-refractivity contribution in [3.05, 3.63) is 46.7 Å². The third-order valence-electron chi connectivity index (χ3n) is 3.25. The number of imidazole rings is 1. The summed E-state index contributed by atoms with van der Waals surface area (Å²) >= 11 is 3.46. The summed E-state index contributed by atoms with van der Waals surface area (Å²) in [6.07, 6.45) is 5.84. The molecule has 0 radical (unpaired) electrons. The van der Waals surface area contributed by atoms with Gasteiger partial charge >= 0.3 is 0 Å². The van der Waals surface area contributed by atoms with E-state index in [1.807, 2.05) is 10.8 Å². The van der Waals surface area contributed by atoms with E-state index >= 15 is 0 Å². The first-order chi connectivity index (χ1) is 8.75. The average molecular weight is 310 g/mol. The smallest absolute Gasteiger partial charge is 0.125 e. The van der Waals surface area contributed by atoms with Crippen LogP contribution in [0.3, 0.4) is 0 Å². The highest BCUT2D eigenvalue weighted by Gasteiger charge is 2.21. The van der Waals surface area contributed by atoms with Gasteiger partial charge in [-0.2, -0.15) is 0 Å². The van der Waals surface area contributed by atoms with Gasteiger partial charge in [-0.25, -0.2) is 9.37 Å². The fraction of sp³-hybridized carbons (Fsp3) is 0.308. The van der Waals surface area contributed by atoms with Crippen LogP contribution in [0.1, 0.15) is 24.6 Å². The molecule has 2 heterocycles. The van der Waals surface area contributed by atoms with Crippen molar-refractivity contribution in [2.24, 2.45) is 0 Å². The van der Waals surface area contributed by atoms with Crippen LogP contribution in [0.2, 0.25) is 0 Å². The van der Waals surface area contributed by atoms with E-state index in [9.17, 15) is 4.39 Å². The summed E-state index contributed by atoms with van der Waals surface area (Å²) in [5.74, 6) is -0.243. The zero-order chi connectivity index (χ0) is 12.5. The van der Waals surface area contributed by atoms with Crippen molar-refractivity contribution in [3.63, 3.8) is 0 Å². The molecule has 2 aromatic rings. The molecule has 0 amide bonds. The number of nitrogens with one attached hydrogen (secondary N) is 1. The molecule has 3 rings (SSSR count). The van der Waals surface area contributed by atoms with E-state index in [0.717, 1.165) is 28.8 Å². The topological polar surface area (TPSA) is 29.9 Å². The summed E-state index contributed by atoms with van der Waals surface area (Å²) in [6, 6.07) is 4.99. The van der Waals surface area contributed by atoms with Crippen molar-refractivity contribution in [3.8, 4) is 5.69 Å². The van der Waals surface area contributed by atoms with Crippen molar-refractivity contribution in [2.45, 2.75) is 18.9 Å². The molecule has 1 aromatic heterocycles. The van der Waals surface area contributed by atoms with Gasteiger partial charge in [-0.15, -0.1) is 0 Å². The molecule has 5 heteroatoms. The van der Waals surface area contributed by atoms with Crippen LogP contribution in [-0.4, -0.2) is 16.1 Å². The molecule has 0 bridgehead atoms. The minimum atomic E-state index is -0.243. The second-order valence-electron chi connectivity index (χ2n) is 4.43. The largest absolute Gasteiger partial charge is 0.309 e. The molecule has 0 aliphatic carbocycles. The Morgan fingerprint density at radius 3 is 3.11 bits per heavy atom. The lowest BCUT2D eigenvalue weighted by molar-refractivity contribution is 0.608. The Morgan fingerprint density at radius 1 is 1.44 bits per heavy atom. The zero-order valence-electron chi connectivity index (χ0n) is 9.74. The van der Waals surface area contributed by atoms with Crippen LogP contribution in [-0.2, 0) is 0 Å². The highest BCUT2D eigenvalue weighted by atomic mass is 79.9. The van der Waals surface area contributed by atoms with Gasteiger partial charge in [-0.05, 0) is 53.5 Å². The van der Waals surface area contributed by atoms with Crippen LogP contribution in [0.25, 0.3) is 5.69 Å².